The Bertz CT molecular complexity index is 184. The van der Waals surface area contributed by atoms with Gasteiger partial charge in [-0.15, -0.1) is 6.58 Å². The molecule has 1 unspecified atom stereocenters. The van der Waals surface area contributed by atoms with Gasteiger partial charge in [0.1, 0.15) is 6.61 Å². The van der Waals surface area contributed by atoms with Crippen molar-refractivity contribution in [2.24, 2.45) is 5.73 Å². The van der Waals surface area contributed by atoms with Gasteiger partial charge in [-0.1, -0.05) is 6.08 Å². The summed E-state index contributed by atoms with van der Waals surface area (Å²) in [7, 11) is 0. The molecule has 0 aromatic rings. The Morgan fingerprint density at radius 1 is 1.47 bits per heavy atom. The molecule has 3 N–H and O–H groups in total. The van der Waals surface area contributed by atoms with Gasteiger partial charge in [0.15, 0.2) is 0 Å². The maximum Gasteiger partial charge on any atom is 0.308 e. The van der Waals surface area contributed by atoms with Crippen LogP contribution >= 0.6 is 0 Å². The predicted octanol–water partition coefficient (Wildman–Crippen LogP) is -0.168. The molecule has 0 aromatic heterocycles. The highest BCUT2D eigenvalue weighted by Crippen LogP contribution is 1.99. The number of carbonyl (C=O) groups excluding carboxylic acids is 1. The van der Waals surface area contributed by atoms with Crippen molar-refractivity contribution < 1.29 is 19.4 Å². The molecule has 5 nitrogen and oxygen atoms in total. The van der Waals surface area contributed by atoms with Crippen molar-refractivity contribution >= 4 is 5.97 Å². The van der Waals surface area contributed by atoms with E-state index in [1.807, 2.05) is 0 Å². The van der Waals surface area contributed by atoms with Gasteiger partial charge in [0.2, 0.25) is 0 Å². The molecule has 0 aromatic carbocycles. The summed E-state index contributed by atoms with van der Waals surface area (Å²) in [5.74, 6) is -0.430. The topological polar surface area (TPSA) is 81.8 Å². The van der Waals surface area contributed by atoms with Crippen LogP contribution in [0.15, 0.2) is 12.7 Å². The molecule has 0 saturated carbocycles. The maximum absolute atomic E-state index is 11.1. The second kappa shape index (κ2) is 9.64. The van der Waals surface area contributed by atoms with Gasteiger partial charge in [0.25, 0.3) is 0 Å². The first kappa shape index (κ1) is 14.1. The van der Waals surface area contributed by atoms with Crippen molar-refractivity contribution in [2.75, 3.05) is 26.4 Å². The zero-order valence-electron chi connectivity index (χ0n) is 8.85. The van der Waals surface area contributed by atoms with Crippen molar-refractivity contribution in [1.29, 1.82) is 0 Å². The van der Waals surface area contributed by atoms with Gasteiger partial charge >= 0.3 is 5.97 Å². The van der Waals surface area contributed by atoms with Gasteiger partial charge in [0.05, 0.1) is 25.7 Å². The Morgan fingerprint density at radius 2 is 2.20 bits per heavy atom. The first-order valence-electron chi connectivity index (χ1n) is 4.93. The SMILES string of the molecule is C=CCC(O)CC(=O)OCCOCCN. The molecule has 0 heterocycles. The Labute approximate surface area is 89.9 Å². The Balaban J connectivity index is 3.36. The van der Waals surface area contributed by atoms with E-state index in [0.29, 0.717) is 26.2 Å². The molecule has 0 aliphatic heterocycles. The fraction of sp³-hybridized carbons (Fsp3) is 0.700. The van der Waals surface area contributed by atoms with E-state index in [1.165, 1.54) is 0 Å². The average Bonchev–Trinajstić information content (AvgIpc) is 2.17. The fourth-order valence-corrected chi connectivity index (χ4v) is 0.927. The molecular weight excluding hydrogens is 198 g/mol. The van der Waals surface area contributed by atoms with E-state index in [9.17, 15) is 9.90 Å². The van der Waals surface area contributed by atoms with Gasteiger partial charge < -0.3 is 20.3 Å². The van der Waals surface area contributed by atoms with Crippen LogP contribution in [0.25, 0.3) is 0 Å². The number of hydrogen-bond acceptors (Lipinski definition) is 5. The molecule has 0 rings (SSSR count). The number of aliphatic hydroxyl groups excluding tert-OH is 1. The van der Waals surface area contributed by atoms with Crippen LogP contribution in [0.5, 0.6) is 0 Å². The summed E-state index contributed by atoms with van der Waals surface area (Å²) in [5, 5.41) is 9.24. The predicted molar refractivity (Wildman–Crippen MR) is 56.3 cm³/mol. The van der Waals surface area contributed by atoms with Crippen molar-refractivity contribution in [1.82, 2.24) is 0 Å². The van der Waals surface area contributed by atoms with Crippen LogP contribution in [-0.4, -0.2) is 43.5 Å². The fourth-order valence-electron chi connectivity index (χ4n) is 0.927. The lowest BCUT2D eigenvalue weighted by molar-refractivity contribution is -0.147. The molecule has 88 valence electrons. The number of esters is 1. The van der Waals surface area contributed by atoms with E-state index in [2.05, 4.69) is 6.58 Å². The number of aliphatic hydroxyl groups is 1. The van der Waals surface area contributed by atoms with Crippen LogP contribution in [0.4, 0.5) is 0 Å². The summed E-state index contributed by atoms with van der Waals surface area (Å²) in [6.07, 6.45) is 1.23. The van der Waals surface area contributed by atoms with E-state index in [-0.39, 0.29) is 13.0 Å². The van der Waals surface area contributed by atoms with Gasteiger partial charge in [-0.05, 0) is 6.42 Å². The zero-order valence-corrected chi connectivity index (χ0v) is 8.85. The highest BCUT2D eigenvalue weighted by molar-refractivity contribution is 5.69. The summed E-state index contributed by atoms with van der Waals surface area (Å²) < 4.78 is 9.81. The normalized spacial score (nSPS) is 12.1. The maximum atomic E-state index is 11.1. The average molecular weight is 217 g/mol. The van der Waals surface area contributed by atoms with Crippen LogP contribution in [0.1, 0.15) is 12.8 Å². The van der Waals surface area contributed by atoms with Crippen LogP contribution in [0, 0.1) is 0 Å². The molecule has 5 heteroatoms. The van der Waals surface area contributed by atoms with E-state index < -0.39 is 12.1 Å². The molecule has 0 fully saturated rings. The number of rotatable bonds is 9. The van der Waals surface area contributed by atoms with Crippen molar-refractivity contribution in [3.8, 4) is 0 Å². The monoisotopic (exact) mass is 217 g/mol. The lowest BCUT2D eigenvalue weighted by Crippen LogP contribution is -2.18. The largest absolute Gasteiger partial charge is 0.463 e. The first-order chi connectivity index (χ1) is 7.20. The quantitative estimate of drug-likeness (QED) is 0.318. The molecule has 0 amide bonds. The molecule has 0 bridgehead atoms. The second-order valence-corrected chi connectivity index (χ2v) is 3.00. The van der Waals surface area contributed by atoms with Crippen LogP contribution < -0.4 is 5.73 Å². The number of hydrogen-bond donors (Lipinski definition) is 2. The molecule has 0 aliphatic rings. The number of carbonyl (C=O) groups is 1. The van der Waals surface area contributed by atoms with E-state index >= 15 is 0 Å². The third-order valence-corrected chi connectivity index (χ3v) is 1.59. The number of nitrogens with two attached hydrogens (primary N) is 1. The third kappa shape index (κ3) is 9.40. The van der Waals surface area contributed by atoms with Crippen LogP contribution in [-0.2, 0) is 14.3 Å². The highest BCUT2D eigenvalue weighted by Gasteiger charge is 2.09. The minimum Gasteiger partial charge on any atom is -0.463 e. The van der Waals surface area contributed by atoms with Gasteiger partial charge in [0, 0.05) is 6.54 Å². The molecule has 15 heavy (non-hydrogen) atoms. The minimum atomic E-state index is -0.708. The van der Waals surface area contributed by atoms with E-state index in [4.69, 9.17) is 15.2 Å². The number of ether oxygens (including phenoxy) is 2. The smallest absolute Gasteiger partial charge is 0.308 e. The van der Waals surface area contributed by atoms with Gasteiger partial charge in [-0.25, -0.2) is 0 Å². The Hall–Kier alpha value is -0.910. The Morgan fingerprint density at radius 3 is 2.80 bits per heavy atom. The lowest BCUT2D eigenvalue weighted by Gasteiger charge is -2.08. The summed E-state index contributed by atoms with van der Waals surface area (Å²) in [5.41, 5.74) is 5.19. The molecule has 0 aliphatic carbocycles. The van der Waals surface area contributed by atoms with Crippen LogP contribution in [0.2, 0.25) is 0 Å². The highest BCUT2D eigenvalue weighted by atomic mass is 16.6. The third-order valence-electron chi connectivity index (χ3n) is 1.59. The van der Waals surface area contributed by atoms with Crippen LogP contribution in [0.3, 0.4) is 0 Å². The second-order valence-electron chi connectivity index (χ2n) is 3.00. The summed E-state index contributed by atoms with van der Waals surface area (Å²) in [4.78, 5) is 11.1. The van der Waals surface area contributed by atoms with Crippen molar-refractivity contribution in [2.45, 2.75) is 18.9 Å². The molecule has 0 spiro atoms. The lowest BCUT2D eigenvalue weighted by atomic mass is 10.2. The summed E-state index contributed by atoms with van der Waals surface area (Å²) in [6, 6.07) is 0. The molecular formula is C10H19NO4. The van der Waals surface area contributed by atoms with Gasteiger partial charge in [-0.2, -0.15) is 0 Å². The molecule has 1 atom stereocenters. The Kier molecular flexibility index (Phi) is 9.05. The molecule has 0 radical (unpaired) electrons. The molecule has 0 saturated heterocycles. The van der Waals surface area contributed by atoms with E-state index in [0.717, 1.165) is 0 Å². The van der Waals surface area contributed by atoms with Gasteiger partial charge in [-0.3, -0.25) is 4.79 Å². The first-order valence-corrected chi connectivity index (χ1v) is 4.93. The zero-order chi connectivity index (χ0) is 11.5. The van der Waals surface area contributed by atoms with Crippen molar-refractivity contribution in [3.63, 3.8) is 0 Å². The minimum absolute atomic E-state index is 0.0110. The van der Waals surface area contributed by atoms with E-state index in [1.54, 1.807) is 6.08 Å². The summed E-state index contributed by atoms with van der Waals surface area (Å²) >= 11 is 0. The standard InChI is InChI=1S/C10H19NO4/c1-2-3-9(12)8-10(13)15-7-6-14-5-4-11/h2,9,12H,1,3-8,11H2. The van der Waals surface area contributed by atoms with Crippen molar-refractivity contribution in [3.05, 3.63) is 12.7 Å². The summed E-state index contributed by atoms with van der Waals surface area (Å²) in [6.45, 7) is 4.89.